The summed E-state index contributed by atoms with van der Waals surface area (Å²) < 4.78 is 1.68. The molecular weight excluding hydrogens is 306 g/mol. The maximum absolute atomic E-state index is 12.3. The molecule has 1 aliphatic rings. The molecule has 3 heterocycles. The number of hydrogen-bond donors (Lipinski definition) is 2. The quantitative estimate of drug-likeness (QED) is 0.628. The molecule has 22 heavy (non-hydrogen) atoms. The molecule has 0 aliphatic carbocycles. The predicted molar refractivity (Wildman–Crippen MR) is 77.5 cm³/mol. The normalized spacial score (nSPS) is 13.8. The van der Waals surface area contributed by atoms with Crippen molar-refractivity contribution in [2.24, 2.45) is 0 Å². The summed E-state index contributed by atoms with van der Waals surface area (Å²) in [4.78, 5) is 29.7. The van der Waals surface area contributed by atoms with E-state index >= 15 is 0 Å². The number of nitrogens with zero attached hydrogens (tertiary/aromatic N) is 4. The molecule has 0 unspecified atom stereocenters. The molecule has 0 spiro atoms. The van der Waals surface area contributed by atoms with Crippen molar-refractivity contribution < 1.29 is 14.8 Å². The van der Waals surface area contributed by atoms with Crippen LogP contribution >= 0.6 is 11.3 Å². The van der Waals surface area contributed by atoms with Crippen LogP contribution in [0.1, 0.15) is 26.9 Å². The molecule has 0 radical (unpaired) electrons. The van der Waals surface area contributed by atoms with E-state index in [1.54, 1.807) is 21.1 Å². The van der Waals surface area contributed by atoms with Crippen LogP contribution in [0.3, 0.4) is 0 Å². The van der Waals surface area contributed by atoms with Gasteiger partial charge < -0.3 is 4.90 Å². The number of rotatable bonds is 3. The molecule has 0 aromatic carbocycles. The highest BCUT2D eigenvalue weighted by molar-refractivity contribution is 7.09. The van der Waals surface area contributed by atoms with E-state index in [1.165, 1.54) is 11.3 Å². The summed E-state index contributed by atoms with van der Waals surface area (Å²) in [7, 11) is 0. The van der Waals surface area contributed by atoms with Crippen LogP contribution in [0.2, 0.25) is 0 Å². The maximum Gasteiger partial charge on any atom is 0.295 e. The van der Waals surface area contributed by atoms with Crippen LogP contribution in [0.15, 0.2) is 11.4 Å². The van der Waals surface area contributed by atoms with Crippen LogP contribution in [-0.4, -0.2) is 43.2 Å². The highest BCUT2D eigenvalue weighted by Crippen LogP contribution is 2.16. The van der Waals surface area contributed by atoms with E-state index < -0.39 is 5.91 Å². The van der Waals surface area contributed by atoms with Gasteiger partial charge in [0, 0.05) is 11.9 Å². The summed E-state index contributed by atoms with van der Waals surface area (Å²) in [5.41, 5.74) is 3.25. The zero-order valence-electron chi connectivity index (χ0n) is 11.9. The fraction of sp³-hybridized carbons (Fsp3) is 0.385. The molecule has 2 amide bonds. The monoisotopic (exact) mass is 321 g/mol. The standard InChI is InChI=1S/C13H15N5O3S/c1-8-14-9(7-22-8)4-12(19)17-2-3-18-10(6-17)5-11(15-18)13(20)16-21/h5,7,21H,2-4,6H2,1H3,(H,16,20). The van der Waals surface area contributed by atoms with Crippen molar-refractivity contribution in [1.29, 1.82) is 0 Å². The molecule has 8 nitrogen and oxygen atoms in total. The Morgan fingerprint density at radius 3 is 2.95 bits per heavy atom. The van der Waals surface area contributed by atoms with E-state index in [0.717, 1.165) is 16.4 Å². The van der Waals surface area contributed by atoms with E-state index in [2.05, 4.69) is 10.1 Å². The van der Waals surface area contributed by atoms with Crippen LogP contribution in [-0.2, 0) is 24.3 Å². The lowest BCUT2D eigenvalue weighted by atomic mass is 10.2. The molecule has 0 atom stereocenters. The minimum Gasteiger partial charge on any atom is -0.335 e. The summed E-state index contributed by atoms with van der Waals surface area (Å²) in [6.07, 6.45) is 0.280. The minimum absolute atomic E-state index is 0.00547. The van der Waals surface area contributed by atoms with E-state index in [4.69, 9.17) is 5.21 Å². The predicted octanol–water partition coefficient (Wildman–Crippen LogP) is 0.352. The van der Waals surface area contributed by atoms with Gasteiger partial charge in [-0.3, -0.25) is 19.5 Å². The summed E-state index contributed by atoms with van der Waals surface area (Å²) in [6, 6.07) is 1.58. The van der Waals surface area contributed by atoms with Crippen molar-refractivity contribution >= 4 is 23.2 Å². The van der Waals surface area contributed by atoms with Gasteiger partial charge in [0.1, 0.15) is 0 Å². The summed E-state index contributed by atoms with van der Waals surface area (Å²) in [5.74, 6) is -0.649. The van der Waals surface area contributed by atoms with Gasteiger partial charge >= 0.3 is 0 Å². The van der Waals surface area contributed by atoms with Crippen molar-refractivity contribution in [3.63, 3.8) is 0 Å². The Balaban J connectivity index is 1.69. The fourth-order valence-electron chi connectivity index (χ4n) is 2.40. The number of aromatic nitrogens is 3. The average Bonchev–Trinajstić information content (AvgIpc) is 3.11. The highest BCUT2D eigenvalue weighted by atomic mass is 32.1. The lowest BCUT2D eigenvalue weighted by molar-refractivity contribution is -0.132. The zero-order valence-corrected chi connectivity index (χ0v) is 12.8. The largest absolute Gasteiger partial charge is 0.335 e. The van der Waals surface area contributed by atoms with Crippen LogP contribution < -0.4 is 5.48 Å². The number of aryl methyl sites for hydroxylation is 1. The molecule has 2 N–H and O–H groups in total. The lowest BCUT2D eigenvalue weighted by Crippen LogP contribution is -2.39. The molecule has 2 aromatic rings. The molecule has 0 saturated carbocycles. The van der Waals surface area contributed by atoms with E-state index in [9.17, 15) is 9.59 Å². The zero-order chi connectivity index (χ0) is 15.7. The Morgan fingerprint density at radius 2 is 2.27 bits per heavy atom. The first-order chi connectivity index (χ1) is 10.6. The van der Waals surface area contributed by atoms with E-state index in [0.29, 0.717) is 19.6 Å². The summed E-state index contributed by atoms with van der Waals surface area (Å²) >= 11 is 1.53. The van der Waals surface area contributed by atoms with Gasteiger partial charge in [-0.1, -0.05) is 0 Å². The number of carbonyl (C=O) groups is 2. The first-order valence-corrected chi connectivity index (χ1v) is 7.64. The number of hydrogen-bond acceptors (Lipinski definition) is 6. The summed E-state index contributed by atoms with van der Waals surface area (Å²) in [5, 5.41) is 15.6. The Morgan fingerprint density at radius 1 is 1.45 bits per heavy atom. The van der Waals surface area contributed by atoms with E-state index in [-0.39, 0.29) is 18.0 Å². The van der Waals surface area contributed by atoms with Gasteiger partial charge in [0.05, 0.1) is 35.9 Å². The molecule has 0 fully saturated rings. The smallest absolute Gasteiger partial charge is 0.295 e. The van der Waals surface area contributed by atoms with Crippen molar-refractivity contribution in [1.82, 2.24) is 25.1 Å². The van der Waals surface area contributed by atoms with Crippen LogP contribution in [0.4, 0.5) is 0 Å². The second-order valence-electron chi connectivity index (χ2n) is 5.03. The van der Waals surface area contributed by atoms with Gasteiger partial charge in [-0.15, -0.1) is 11.3 Å². The maximum atomic E-state index is 12.3. The molecule has 116 valence electrons. The highest BCUT2D eigenvalue weighted by Gasteiger charge is 2.24. The number of fused-ring (bicyclic) bond motifs is 1. The molecule has 0 saturated heterocycles. The van der Waals surface area contributed by atoms with Gasteiger partial charge in [0.15, 0.2) is 5.69 Å². The lowest BCUT2D eigenvalue weighted by Gasteiger charge is -2.27. The second-order valence-corrected chi connectivity index (χ2v) is 6.10. The Hall–Kier alpha value is -2.26. The SMILES string of the molecule is Cc1nc(CC(=O)N2CCn3nc(C(=O)NO)cc3C2)cs1. The molecule has 3 rings (SSSR count). The van der Waals surface area contributed by atoms with Gasteiger partial charge in [-0.05, 0) is 13.0 Å². The van der Waals surface area contributed by atoms with E-state index in [1.807, 2.05) is 12.3 Å². The Labute approximate surface area is 130 Å². The molecule has 9 heteroatoms. The third-order valence-corrected chi connectivity index (χ3v) is 4.31. The van der Waals surface area contributed by atoms with Crippen LogP contribution in [0.5, 0.6) is 0 Å². The number of amides is 2. The number of thiazole rings is 1. The third-order valence-electron chi connectivity index (χ3n) is 3.48. The molecule has 1 aliphatic heterocycles. The fourth-order valence-corrected chi connectivity index (χ4v) is 3.02. The summed E-state index contributed by atoms with van der Waals surface area (Å²) in [6.45, 7) is 3.37. The van der Waals surface area contributed by atoms with Crippen LogP contribution in [0, 0.1) is 6.92 Å². The van der Waals surface area contributed by atoms with Gasteiger partial charge in [-0.2, -0.15) is 5.10 Å². The first kappa shape index (κ1) is 14.7. The van der Waals surface area contributed by atoms with Gasteiger partial charge in [0.25, 0.3) is 5.91 Å². The van der Waals surface area contributed by atoms with Gasteiger partial charge in [0.2, 0.25) is 5.91 Å². The number of carbonyl (C=O) groups excluding carboxylic acids is 2. The topological polar surface area (TPSA) is 100 Å². The van der Waals surface area contributed by atoms with Crippen molar-refractivity contribution in [3.8, 4) is 0 Å². The Bertz CT molecular complexity index is 723. The molecule has 2 aromatic heterocycles. The average molecular weight is 321 g/mol. The second kappa shape index (κ2) is 5.85. The minimum atomic E-state index is -0.655. The molecular formula is C13H15N5O3S. The van der Waals surface area contributed by atoms with Crippen LogP contribution in [0.25, 0.3) is 0 Å². The van der Waals surface area contributed by atoms with Crippen molar-refractivity contribution in [3.05, 3.63) is 33.5 Å². The van der Waals surface area contributed by atoms with Crippen molar-refractivity contribution in [2.75, 3.05) is 6.54 Å². The number of hydroxylamine groups is 1. The van der Waals surface area contributed by atoms with Crippen molar-refractivity contribution in [2.45, 2.75) is 26.4 Å². The first-order valence-electron chi connectivity index (χ1n) is 6.77. The van der Waals surface area contributed by atoms with Gasteiger partial charge in [-0.25, -0.2) is 10.5 Å². The molecule has 0 bridgehead atoms. The Kier molecular flexibility index (Phi) is 3.90. The third kappa shape index (κ3) is 2.85. The number of nitrogens with one attached hydrogen (secondary N) is 1.